The van der Waals surface area contributed by atoms with Gasteiger partial charge in [0.2, 0.25) is 5.88 Å². The number of nitrogens with one attached hydrogen (secondary N) is 1. The number of aromatic nitrogens is 2. The predicted octanol–water partition coefficient (Wildman–Crippen LogP) is 1.71. The highest BCUT2D eigenvalue weighted by Crippen LogP contribution is 2.26. The molecule has 0 radical (unpaired) electrons. The molecular formula is C23H20N4O6S. The molecule has 1 aliphatic heterocycles. The molecule has 2 aromatic heterocycles. The van der Waals surface area contributed by atoms with Crippen molar-refractivity contribution in [3.05, 3.63) is 70.2 Å². The third-order valence-corrected chi connectivity index (χ3v) is 7.00. The third-order valence-electron chi connectivity index (χ3n) is 5.23. The average Bonchev–Trinajstić information content (AvgIpc) is 3.17. The normalized spacial score (nSPS) is 17.2. The van der Waals surface area contributed by atoms with E-state index in [2.05, 4.69) is 10.3 Å². The van der Waals surface area contributed by atoms with Gasteiger partial charge in [0.1, 0.15) is 34.4 Å². The maximum atomic E-state index is 13.2. The Labute approximate surface area is 195 Å². The van der Waals surface area contributed by atoms with Gasteiger partial charge in [-0.3, -0.25) is 14.0 Å². The number of fused-ring (bicyclic) bond motifs is 1. The molecule has 174 valence electrons. The summed E-state index contributed by atoms with van der Waals surface area (Å²) in [6.07, 6.45) is 2.87. The lowest BCUT2D eigenvalue weighted by atomic mass is 10.1. The Morgan fingerprint density at radius 1 is 1.24 bits per heavy atom. The van der Waals surface area contributed by atoms with Crippen LogP contribution in [-0.4, -0.2) is 48.4 Å². The van der Waals surface area contributed by atoms with E-state index in [0.717, 1.165) is 6.08 Å². The van der Waals surface area contributed by atoms with Gasteiger partial charge in [-0.2, -0.15) is 10.2 Å². The fourth-order valence-electron chi connectivity index (χ4n) is 3.50. The number of pyridine rings is 1. The summed E-state index contributed by atoms with van der Waals surface area (Å²) in [6, 6.07) is 12.7. The van der Waals surface area contributed by atoms with Crippen molar-refractivity contribution in [2.75, 3.05) is 18.6 Å². The lowest BCUT2D eigenvalue weighted by molar-refractivity contribution is -0.117. The van der Waals surface area contributed by atoms with Gasteiger partial charge in [0.15, 0.2) is 9.84 Å². The molecule has 10 nitrogen and oxygen atoms in total. The first-order valence-electron chi connectivity index (χ1n) is 10.3. The SMILES string of the molecule is COc1ccc(Oc2nc3ccccn3c(=O)c2/C=C(\C#N)C(=O)N[C@@H]2CCS(=O)(=O)C2)cc1. The van der Waals surface area contributed by atoms with Crippen molar-refractivity contribution in [1.82, 2.24) is 14.7 Å². The van der Waals surface area contributed by atoms with E-state index in [0.29, 0.717) is 17.1 Å². The highest BCUT2D eigenvalue weighted by molar-refractivity contribution is 7.91. The molecule has 4 rings (SSSR count). The highest BCUT2D eigenvalue weighted by Gasteiger charge is 2.29. The molecule has 0 spiro atoms. The number of hydrogen-bond acceptors (Lipinski definition) is 8. The summed E-state index contributed by atoms with van der Waals surface area (Å²) in [5.74, 6) is -0.121. The zero-order chi connectivity index (χ0) is 24.3. The van der Waals surface area contributed by atoms with Crippen LogP contribution in [0.15, 0.2) is 59.0 Å². The van der Waals surface area contributed by atoms with Crippen LogP contribution in [-0.2, 0) is 14.6 Å². The summed E-state index contributed by atoms with van der Waals surface area (Å²) >= 11 is 0. The van der Waals surface area contributed by atoms with E-state index < -0.39 is 27.3 Å². The van der Waals surface area contributed by atoms with Crippen LogP contribution in [0, 0.1) is 11.3 Å². The van der Waals surface area contributed by atoms with Gasteiger partial charge < -0.3 is 14.8 Å². The minimum atomic E-state index is -3.22. The molecule has 1 N–H and O–H groups in total. The lowest BCUT2D eigenvalue weighted by Gasteiger charge is -2.12. The number of carbonyl (C=O) groups excluding carboxylic acids is 1. The van der Waals surface area contributed by atoms with Crippen molar-refractivity contribution in [3.8, 4) is 23.4 Å². The van der Waals surface area contributed by atoms with Crippen LogP contribution in [0.1, 0.15) is 12.0 Å². The van der Waals surface area contributed by atoms with Crippen molar-refractivity contribution >= 4 is 27.5 Å². The summed E-state index contributed by atoms with van der Waals surface area (Å²) in [5.41, 5.74) is -0.714. The fourth-order valence-corrected chi connectivity index (χ4v) is 5.18. The molecule has 3 aromatic rings. The average molecular weight is 481 g/mol. The van der Waals surface area contributed by atoms with Gasteiger partial charge in [-0.25, -0.2) is 8.42 Å². The van der Waals surface area contributed by atoms with Crippen LogP contribution in [0.25, 0.3) is 11.7 Å². The molecule has 1 atom stereocenters. The van der Waals surface area contributed by atoms with E-state index in [1.54, 1.807) is 48.5 Å². The summed E-state index contributed by atoms with van der Waals surface area (Å²) in [4.78, 5) is 30.3. The van der Waals surface area contributed by atoms with E-state index in [4.69, 9.17) is 9.47 Å². The molecule has 0 aliphatic carbocycles. The van der Waals surface area contributed by atoms with Crippen molar-refractivity contribution in [1.29, 1.82) is 5.26 Å². The molecule has 11 heteroatoms. The van der Waals surface area contributed by atoms with Crippen molar-refractivity contribution in [2.24, 2.45) is 0 Å². The second kappa shape index (κ2) is 9.36. The number of methoxy groups -OCH3 is 1. The Balaban J connectivity index is 1.74. The van der Waals surface area contributed by atoms with Crippen LogP contribution in [0.5, 0.6) is 17.4 Å². The van der Waals surface area contributed by atoms with Crippen molar-refractivity contribution in [2.45, 2.75) is 12.5 Å². The summed E-state index contributed by atoms with van der Waals surface area (Å²) < 4.78 is 35.6. The van der Waals surface area contributed by atoms with Gasteiger partial charge in [0, 0.05) is 12.2 Å². The smallest absolute Gasteiger partial charge is 0.269 e. The van der Waals surface area contributed by atoms with E-state index >= 15 is 0 Å². The Bertz CT molecular complexity index is 1490. The monoisotopic (exact) mass is 480 g/mol. The maximum Gasteiger partial charge on any atom is 0.269 e. The Hall–Kier alpha value is -4.17. The molecule has 1 aromatic carbocycles. The largest absolute Gasteiger partial charge is 0.497 e. The number of amides is 1. The van der Waals surface area contributed by atoms with Crippen LogP contribution in [0.4, 0.5) is 0 Å². The van der Waals surface area contributed by atoms with E-state index in [1.165, 1.54) is 17.7 Å². The van der Waals surface area contributed by atoms with Gasteiger partial charge in [0.25, 0.3) is 11.5 Å². The van der Waals surface area contributed by atoms with Gasteiger partial charge in [-0.15, -0.1) is 0 Å². The number of carbonyl (C=O) groups is 1. The molecule has 34 heavy (non-hydrogen) atoms. The van der Waals surface area contributed by atoms with Gasteiger partial charge >= 0.3 is 0 Å². The van der Waals surface area contributed by atoms with E-state index in [9.17, 15) is 23.3 Å². The molecule has 1 fully saturated rings. The zero-order valence-electron chi connectivity index (χ0n) is 18.1. The maximum absolute atomic E-state index is 13.2. The van der Waals surface area contributed by atoms with Crippen LogP contribution in [0.3, 0.4) is 0 Å². The Morgan fingerprint density at radius 3 is 2.62 bits per heavy atom. The predicted molar refractivity (Wildman–Crippen MR) is 123 cm³/mol. The summed E-state index contributed by atoms with van der Waals surface area (Å²) in [7, 11) is -1.69. The highest BCUT2D eigenvalue weighted by atomic mass is 32.2. The molecule has 1 amide bonds. The number of sulfone groups is 1. The Kier molecular flexibility index (Phi) is 6.34. The lowest BCUT2D eigenvalue weighted by Crippen LogP contribution is -2.36. The number of hydrogen-bond donors (Lipinski definition) is 1. The molecule has 1 saturated heterocycles. The molecule has 0 saturated carbocycles. The van der Waals surface area contributed by atoms with Gasteiger partial charge in [0.05, 0.1) is 18.6 Å². The zero-order valence-corrected chi connectivity index (χ0v) is 18.9. The molecule has 0 unspecified atom stereocenters. The van der Waals surface area contributed by atoms with Crippen molar-refractivity contribution < 1.29 is 22.7 Å². The summed E-state index contributed by atoms with van der Waals surface area (Å²) in [5, 5.41) is 12.1. The first-order valence-corrected chi connectivity index (χ1v) is 12.1. The van der Waals surface area contributed by atoms with Gasteiger partial charge in [-0.1, -0.05) is 6.07 Å². The first-order chi connectivity index (χ1) is 16.3. The standard InChI is InChI=1S/C23H20N4O6S/c1-32-17-5-7-18(8-6-17)33-22-19(23(29)27-10-3-2-4-20(27)26-22)12-15(13-24)21(28)25-16-9-11-34(30,31)14-16/h2-8,10,12,16H,9,11,14H2,1H3,(H,25,28)/b15-12+/t16-/m1/s1. The second-order valence-electron chi connectivity index (χ2n) is 7.59. The number of rotatable bonds is 6. The number of nitrogens with zero attached hydrogens (tertiary/aromatic N) is 3. The molecule has 1 aliphatic rings. The minimum Gasteiger partial charge on any atom is -0.497 e. The van der Waals surface area contributed by atoms with E-state index in [-0.39, 0.29) is 34.9 Å². The Morgan fingerprint density at radius 2 is 1.97 bits per heavy atom. The van der Waals surface area contributed by atoms with Crippen molar-refractivity contribution in [3.63, 3.8) is 0 Å². The summed E-state index contributed by atoms with van der Waals surface area (Å²) in [6.45, 7) is 0. The molecule has 3 heterocycles. The van der Waals surface area contributed by atoms with Crippen LogP contribution < -0.4 is 20.3 Å². The quantitative estimate of drug-likeness (QED) is 0.415. The van der Waals surface area contributed by atoms with Crippen LogP contribution >= 0.6 is 0 Å². The molecular weight excluding hydrogens is 460 g/mol. The minimum absolute atomic E-state index is 0.0284. The van der Waals surface area contributed by atoms with Crippen LogP contribution in [0.2, 0.25) is 0 Å². The first kappa shape index (κ1) is 23.0. The second-order valence-corrected chi connectivity index (χ2v) is 9.81. The molecule has 0 bridgehead atoms. The number of benzene rings is 1. The number of ether oxygens (including phenoxy) is 2. The van der Waals surface area contributed by atoms with Gasteiger partial charge in [-0.05, 0) is 48.9 Å². The topological polar surface area (TPSA) is 140 Å². The number of nitriles is 1. The third kappa shape index (κ3) is 4.92. The van der Waals surface area contributed by atoms with E-state index in [1.807, 2.05) is 0 Å². The fraction of sp³-hybridized carbons (Fsp3) is 0.217.